The van der Waals surface area contributed by atoms with Crippen molar-refractivity contribution in [2.45, 2.75) is 36.6 Å². The number of ketones is 1. The van der Waals surface area contributed by atoms with Gasteiger partial charge in [0.15, 0.2) is 5.78 Å². The van der Waals surface area contributed by atoms with Gasteiger partial charge in [-0.25, -0.2) is 26.5 Å². The third kappa shape index (κ3) is 4.47. The first-order valence-corrected chi connectivity index (χ1v) is 13.8. The van der Waals surface area contributed by atoms with Gasteiger partial charge in [0.25, 0.3) is 0 Å². The number of hydrogen-bond donors (Lipinski definition) is 1. The van der Waals surface area contributed by atoms with Crippen LogP contribution in [0.25, 0.3) is 0 Å². The van der Waals surface area contributed by atoms with E-state index in [1.807, 2.05) is 17.0 Å². The number of likely N-dealkylation sites (tertiary alicyclic amines) is 1. The fourth-order valence-electron chi connectivity index (χ4n) is 5.57. The zero-order valence-electron chi connectivity index (χ0n) is 21.5. The van der Waals surface area contributed by atoms with E-state index in [0.717, 1.165) is 22.1 Å². The molecule has 0 saturated carbocycles. The summed E-state index contributed by atoms with van der Waals surface area (Å²) in [5, 5.41) is 0. The van der Waals surface area contributed by atoms with Crippen LogP contribution in [0.1, 0.15) is 40.5 Å². The molecule has 0 amide bonds. The smallest absolute Gasteiger partial charge is 0.247 e. The number of hydrogen-bond acceptors (Lipinski definition) is 8. The number of benzene rings is 1. The zero-order chi connectivity index (χ0) is 28.0. The predicted molar refractivity (Wildman–Crippen MR) is 141 cm³/mol. The second-order valence-corrected chi connectivity index (χ2v) is 12.4. The molecule has 1 aromatic carbocycles. The number of rotatable bonds is 6. The Morgan fingerprint density at radius 2 is 1.92 bits per heavy atom. The fraction of sp³-hybridized carbons (Fsp3) is 0.333. The number of guanidine groups is 1. The van der Waals surface area contributed by atoms with Crippen molar-refractivity contribution < 1.29 is 22.0 Å². The summed E-state index contributed by atoms with van der Waals surface area (Å²) in [6, 6.07) is 10.3. The van der Waals surface area contributed by atoms with Gasteiger partial charge in [0.1, 0.15) is 27.6 Å². The quantitative estimate of drug-likeness (QED) is 0.465. The van der Waals surface area contributed by atoms with E-state index in [4.69, 9.17) is 5.73 Å². The summed E-state index contributed by atoms with van der Waals surface area (Å²) >= 11 is 0. The molecular weight excluding hydrogens is 526 g/mol. The molecule has 2 N–H and O–H groups in total. The van der Waals surface area contributed by atoms with Gasteiger partial charge in [0.05, 0.1) is 6.20 Å². The molecule has 2 aliphatic rings. The molecule has 0 aliphatic carbocycles. The molecule has 1 fully saturated rings. The minimum Gasteiger partial charge on any atom is -0.369 e. The minimum absolute atomic E-state index is 0.0303. The molecule has 0 unspecified atom stereocenters. The molecule has 2 atom stereocenters. The first-order chi connectivity index (χ1) is 18.5. The van der Waals surface area contributed by atoms with Crippen molar-refractivity contribution in [1.29, 1.82) is 0 Å². The van der Waals surface area contributed by atoms with Gasteiger partial charge in [-0.05, 0) is 54.8 Å². The van der Waals surface area contributed by atoms with Gasteiger partial charge in [-0.15, -0.1) is 0 Å². The number of sulfonamides is 1. The lowest BCUT2D eigenvalue weighted by molar-refractivity contribution is 0.0988. The van der Waals surface area contributed by atoms with E-state index in [1.165, 1.54) is 31.3 Å². The minimum atomic E-state index is -4.09. The lowest BCUT2D eigenvalue weighted by Crippen LogP contribution is -2.66. The van der Waals surface area contributed by atoms with Crippen LogP contribution in [-0.4, -0.2) is 64.2 Å². The first kappa shape index (κ1) is 26.8. The Bertz CT molecular complexity index is 1550. The number of halogens is 2. The molecule has 4 heterocycles. The standard InChI is InChI=1S/C27H28F2N6O3S/c1-26(21-12-18(5-7-22(21)29)13-24(36)23-8-6-20(28)15-32-23)27(39(37,38)34(2)25(30)33-26)9-11-35(17-27)16-19-4-3-10-31-14-19/h3-8,10,12,14-15H,9,11,13,16-17H2,1-2H3,(H2,30,33)/t26-,27-/m1/s1. The molecule has 0 bridgehead atoms. The molecule has 1 saturated heterocycles. The topological polar surface area (TPSA) is 122 Å². The number of aromatic nitrogens is 2. The number of nitrogens with zero attached hydrogens (tertiary/aromatic N) is 5. The van der Waals surface area contributed by atoms with E-state index in [0.29, 0.717) is 18.7 Å². The molecule has 1 spiro atoms. The summed E-state index contributed by atoms with van der Waals surface area (Å²) in [5.41, 5.74) is 5.95. The summed E-state index contributed by atoms with van der Waals surface area (Å²) < 4.78 is 56.3. The summed E-state index contributed by atoms with van der Waals surface area (Å²) in [6.45, 7) is 2.57. The van der Waals surface area contributed by atoms with Crippen molar-refractivity contribution >= 4 is 21.8 Å². The molecule has 204 valence electrons. The number of aliphatic imine (C=N–C) groups is 1. The maximum Gasteiger partial charge on any atom is 0.247 e. The van der Waals surface area contributed by atoms with E-state index in [2.05, 4.69) is 15.0 Å². The van der Waals surface area contributed by atoms with Crippen molar-refractivity contribution in [3.05, 3.63) is 95.1 Å². The number of carbonyl (C=O) groups is 1. The van der Waals surface area contributed by atoms with Crippen molar-refractivity contribution in [2.24, 2.45) is 10.7 Å². The summed E-state index contributed by atoms with van der Waals surface area (Å²) in [4.78, 5) is 27.4. The van der Waals surface area contributed by atoms with Crippen molar-refractivity contribution in [1.82, 2.24) is 19.2 Å². The van der Waals surface area contributed by atoms with E-state index in [-0.39, 0.29) is 36.6 Å². The predicted octanol–water partition coefficient (Wildman–Crippen LogP) is 2.63. The van der Waals surface area contributed by atoms with Crippen LogP contribution in [0.5, 0.6) is 0 Å². The molecule has 39 heavy (non-hydrogen) atoms. The van der Waals surface area contributed by atoms with Gasteiger partial charge < -0.3 is 5.73 Å². The average Bonchev–Trinajstić information content (AvgIpc) is 3.35. The Kier molecular flexibility index (Phi) is 6.71. The first-order valence-electron chi connectivity index (χ1n) is 12.4. The van der Waals surface area contributed by atoms with Gasteiger partial charge in [-0.1, -0.05) is 12.1 Å². The van der Waals surface area contributed by atoms with Crippen molar-refractivity contribution in [3.8, 4) is 0 Å². The molecule has 5 rings (SSSR count). The Morgan fingerprint density at radius 3 is 2.62 bits per heavy atom. The molecule has 3 aromatic rings. The Morgan fingerprint density at radius 1 is 1.13 bits per heavy atom. The SMILES string of the molecule is CN1C(N)=N[C@](C)(c2cc(CC(=O)c3ccc(F)cn3)ccc2F)[C@]2(CCN(Cc3cccnc3)C2)S1(=O)=O. The Labute approximate surface area is 225 Å². The van der Waals surface area contributed by atoms with Gasteiger partial charge in [0, 0.05) is 51.1 Å². The average molecular weight is 555 g/mol. The number of nitrogens with two attached hydrogens (primary N) is 1. The van der Waals surface area contributed by atoms with Crippen LogP contribution in [0, 0.1) is 11.6 Å². The molecule has 12 heteroatoms. The van der Waals surface area contributed by atoms with E-state index in [1.54, 1.807) is 19.3 Å². The van der Waals surface area contributed by atoms with Crippen LogP contribution in [0.15, 0.2) is 66.0 Å². The van der Waals surface area contributed by atoms with E-state index >= 15 is 4.39 Å². The maximum atomic E-state index is 15.6. The van der Waals surface area contributed by atoms with Crippen LogP contribution in [-0.2, 0) is 28.5 Å². The molecule has 0 radical (unpaired) electrons. The lowest BCUT2D eigenvalue weighted by atomic mass is 9.77. The normalized spacial score (nSPS) is 24.6. The second-order valence-electron chi connectivity index (χ2n) is 10.1. The fourth-order valence-corrected chi connectivity index (χ4v) is 7.73. The summed E-state index contributed by atoms with van der Waals surface area (Å²) in [5.74, 6) is -1.86. The second kappa shape index (κ2) is 9.76. The van der Waals surface area contributed by atoms with Gasteiger partial charge in [0.2, 0.25) is 16.0 Å². The van der Waals surface area contributed by atoms with Crippen molar-refractivity contribution in [3.63, 3.8) is 0 Å². The maximum absolute atomic E-state index is 15.6. The van der Waals surface area contributed by atoms with Gasteiger partial charge in [-0.2, -0.15) is 0 Å². The molecular formula is C27H28F2N6O3S. The highest BCUT2D eigenvalue weighted by atomic mass is 32.2. The van der Waals surface area contributed by atoms with Crippen LogP contribution < -0.4 is 5.73 Å². The van der Waals surface area contributed by atoms with Crippen molar-refractivity contribution in [2.75, 3.05) is 20.1 Å². The molecule has 2 aromatic heterocycles. The highest BCUT2D eigenvalue weighted by Crippen LogP contribution is 2.51. The third-order valence-electron chi connectivity index (χ3n) is 7.78. The third-order valence-corrected chi connectivity index (χ3v) is 10.4. The monoisotopic (exact) mass is 554 g/mol. The zero-order valence-corrected chi connectivity index (χ0v) is 22.3. The molecule has 2 aliphatic heterocycles. The van der Waals surface area contributed by atoms with Gasteiger partial charge >= 0.3 is 0 Å². The Balaban J connectivity index is 1.55. The molecule has 9 nitrogen and oxygen atoms in total. The van der Waals surface area contributed by atoms with Gasteiger partial charge in [-0.3, -0.25) is 19.7 Å². The Hall–Kier alpha value is -3.77. The van der Waals surface area contributed by atoms with Crippen LogP contribution >= 0.6 is 0 Å². The summed E-state index contributed by atoms with van der Waals surface area (Å²) in [7, 11) is -2.74. The van der Waals surface area contributed by atoms with E-state index < -0.39 is 37.7 Å². The number of pyridine rings is 2. The number of carbonyl (C=O) groups excluding carboxylic acids is 1. The highest BCUT2D eigenvalue weighted by molar-refractivity contribution is 7.91. The largest absolute Gasteiger partial charge is 0.369 e. The van der Waals surface area contributed by atoms with Crippen LogP contribution in [0.3, 0.4) is 0 Å². The number of Topliss-reactive ketones (excluding diaryl/α,β-unsaturated/α-hetero) is 1. The highest BCUT2D eigenvalue weighted by Gasteiger charge is 2.66. The van der Waals surface area contributed by atoms with Crippen LogP contribution in [0.4, 0.5) is 8.78 Å². The van der Waals surface area contributed by atoms with E-state index in [9.17, 15) is 17.6 Å². The van der Waals surface area contributed by atoms with Crippen LogP contribution in [0.2, 0.25) is 0 Å². The lowest BCUT2D eigenvalue weighted by Gasteiger charge is -2.48. The summed E-state index contributed by atoms with van der Waals surface area (Å²) in [6.07, 6.45) is 4.38.